The predicted molar refractivity (Wildman–Crippen MR) is 73.4 cm³/mol. The monoisotopic (exact) mass is 241 g/mol. The number of rotatable bonds is 2. The zero-order valence-corrected chi connectivity index (χ0v) is 10.6. The van der Waals surface area contributed by atoms with Crippen LogP contribution in [-0.2, 0) is 5.41 Å². The Bertz CT molecular complexity index is 539. The van der Waals surface area contributed by atoms with Gasteiger partial charge in [-0.05, 0) is 18.9 Å². The van der Waals surface area contributed by atoms with Crippen molar-refractivity contribution >= 4 is 10.9 Å². The molecule has 1 fully saturated rings. The minimum absolute atomic E-state index is 0.0702. The Hall–Kier alpha value is -1.48. The third-order valence-corrected chi connectivity index (χ3v) is 4.25. The van der Waals surface area contributed by atoms with Gasteiger partial charge in [-0.1, -0.05) is 37.5 Å². The van der Waals surface area contributed by atoms with Crippen molar-refractivity contribution in [1.82, 2.24) is 9.97 Å². The molecular weight excluding hydrogens is 222 g/mol. The molecule has 0 spiro atoms. The first kappa shape index (κ1) is 11.6. The Labute approximate surface area is 107 Å². The second-order valence-corrected chi connectivity index (χ2v) is 5.28. The van der Waals surface area contributed by atoms with Gasteiger partial charge in [0.15, 0.2) is 0 Å². The van der Waals surface area contributed by atoms with Gasteiger partial charge in [-0.15, -0.1) is 0 Å². The van der Waals surface area contributed by atoms with Crippen molar-refractivity contribution in [2.75, 3.05) is 6.54 Å². The van der Waals surface area contributed by atoms with Crippen LogP contribution >= 0.6 is 0 Å². The first-order chi connectivity index (χ1) is 8.86. The van der Waals surface area contributed by atoms with Gasteiger partial charge in [0.25, 0.3) is 0 Å². The van der Waals surface area contributed by atoms with E-state index in [4.69, 9.17) is 5.73 Å². The zero-order chi connectivity index (χ0) is 12.4. The molecule has 0 bridgehead atoms. The first-order valence-corrected chi connectivity index (χ1v) is 6.76. The van der Waals surface area contributed by atoms with Crippen LogP contribution in [0.15, 0.2) is 30.6 Å². The molecule has 0 unspecified atom stereocenters. The SMILES string of the molecule is NCC1(c2ncnc3ccccc23)CCCCC1. The van der Waals surface area contributed by atoms with Crippen molar-refractivity contribution in [2.24, 2.45) is 5.73 Å². The molecule has 94 valence electrons. The van der Waals surface area contributed by atoms with Gasteiger partial charge in [0.05, 0.1) is 11.2 Å². The summed E-state index contributed by atoms with van der Waals surface area (Å²) < 4.78 is 0. The second-order valence-electron chi connectivity index (χ2n) is 5.28. The van der Waals surface area contributed by atoms with Gasteiger partial charge in [-0.25, -0.2) is 9.97 Å². The normalized spacial score (nSPS) is 18.9. The Kier molecular flexibility index (Phi) is 3.00. The number of aromatic nitrogens is 2. The molecule has 1 aromatic carbocycles. The van der Waals surface area contributed by atoms with E-state index in [1.807, 2.05) is 12.1 Å². The molecule has 3 nitrogen and oxygen atoms in total. The highest BCUT2D eigenvalue weighted by Gasteiger charge is 2.35. The summed E-state index contributed by atoms with van der Waals surface area (Å²) in [6, 6.07) is 8.25. The van der Waals surface area contributed by atoms with Crippen LogP contribution in [0, 0.1) is 0 Å². The van der Waals surface area contributed by atoms with Crippen LogP contribution in [0.3, 0.4) is 0 Å². The highest BCUT2D eigenvalue weighted by molar-refractivity contribution is 5.81. The first-order valence-electron chi connectivity index (χ1n) is 6.76. The molecule has 1 aliphatic rings. The maximum Gasteiger partial charge on any atom is 0.116 e. The third kappa shape index (κ3) is 1.79. The van der Waals surface area contributed by atoms with Gasteiger partial charge >= 0.3 is 0 Å². The summed E-state index contributed by atoms with van der Waals surface area (Å²) in [5.41, 5.74) is 8.36. The number of nitrogens with two attached hydrogens (primary N) is 1. The lowest BCUT2D eigenvalue weighted by Gasteiger charge is -2.36. The van der Waals surface area contributed by atoms with Crippen molar-refractivity contribution < 1.29 is 0 Å². The van der Waals surface area contributed by atoms with Crippen LogP contribution < -0.4 is 5.73 Å². The topological polar surface area (TPSA) is 51.8 Å². The molecule has 0 aliphatic heterocycles. The lowest BCUT2D eigenvalue weighted by atomic mass is 9.71. The van der Waals surface area contributed by atoms with Gasteiger partial charge in [0.1, 0.15) is 6.33 Å². The summed E-state index contributed by atoms with van der Waals surface area (Å²) in [5.74, 6) is 0. The number of para-hydroxylation sites is 1. The predicted octanol–water partition coefficient (Wildman–Crippen LogP) is 2.79. The highest BCUT2D eigenvalue weighted by atomic mass is 14.9. The number of fused-ring (bicyclic) bond motifs is 1. The van der Waals surface area contributed by atoms with Crippen LogP contribution in [-0.4, -0.2) is 16.5 Å². The van der Waals surface area contributed by atoms with E-state index < -0.39 is 0 Å². The summed E-state index contributed by atoms with van der Waals surface area (Å²) in [7, 11) is 0. The van der Waals surface area contributed by atoms with Crippen molar-refractivity contribution in [3.63, 3.8) is 0 Å². The van der Waals surface area contributed by atoms with Gasteiger partial charge in [0.2, 0.25) is 0 Å². The molecule has 0 amide bonds. The molecule has 1 heterocycles. The zero-order valence-electron chi connectivity index (χ0n) is 10.6. The third-order valence-electron chi connectivity index (χ3n) is 4.25. The van der Waals surface area contributed by atoms with Gasteiger partial charge in [-0.2, -0.15) is 0 Å². The van der Waals surface area contributed by atoms with E-state index in [9.17, 15) is 0 Å². The Morgan fingerprint density at radius 1 is 1.06 bits per heavy atom. The molecule has 18 heavy (non-hydrogen) atoms. The van der Waals surface area contributed by atoms with Crippen molar-refractivity contribution in [3.8, 4) is 0 Å². The summed E-state index contributed by atoms with van der Waals surface area (Å²) in [6.07, 6.45) is 7.84. The Balaban J connectivity index is 2.17. The number of benzene rings is 1. The molecule has 1 aromatic heterocycles. The van der Waals surface area contributed by atoms with Crippen LogP contribution in [0.2, 0.25) is 0 Å². The Morgan fingerprint density at radius 2 is 1.83 bits per heavy atom. The van der Waals surface area contributed by atoms with E-state index in [1.54, 1.807) is 6.33 Å². The number of nitrogens with zero attached hydrogens (tertiary/aromatic N) is 2. The smallest absolute Gasteiger partial charge is 0.116 e. The maximum atomic E-state index is 6.10. The Morgan fingerprint density at radius 3 is 2.61 bits per heavy atom. The standard InChI is InChI=1S/C15H19N3/c16-10-15(8-4-1-5-9-15)14-12-6-2-3-7-13(12)17-11-18-14/h2-3,6-7,11H,1,4-5,8-10,16H2. The van der Waals surface area contributed by atoms with Gasteiger partial charge < -0.3 is 5.73 Å². The summed E-state index contributed by atoms with van der Waals surface area (Å²) in [6.45, 7) is 0.688. The van der Waals surface area contributed by atoms with E-state index in [-0.39, 0.29) is 5.41 Å². The lowest BCUT2D eigenvalue weighted by molar-refractivity contribution is 0.296. The summed E-state index contributed by atoms with van der Waals surface area (Å²) in [5, 5.41) is 1.17. The number of hydrogen-bond acceptors (Lipinski definition) is 3. The van der Waals surface area contributed by atoms with E-state index in [0.717, 1.165) is 24.1 Å². The number of hydrogen-bond donors (Lipinski definition) is 1. The fourth-order valence-corrected chi connectivity index (χ4v) is 3.19. The van der Waals surface area contributed by atoms with E-state index in [2.05, 4.69) is 22.1 Å². The molecule has 2 N–H and O–H groups in total. The molecule has 0 radical (unpaired) electrons. The van der Waals surface area contributed by atoms with Crippen LogP contribution in [0.4, 0.5) is 0 Å². The van der Waals surface area contributed by atoms with Gasteiger partial charge in [0, 0.05) is 17.3 Å². The molecule has 1 saturated carbocycles. The quantitative estimate of drug-likeness (QED) is 0.879. The van der Waals surface area contributed by atoms with E-state index in [1.165, 1.54) is 24.6 Å². The summed E-state index contributed by atoms with van der Waals surface area (Å²) in [4.78, 5) is 8.93. The van der Waals surface area contributed by atoms with E-state index >= 15 is 0 Å². The maximum absolute atomic E-state index is 6.10. The minimum Gasteiger partial charge on any atom is -0.330 e. The van der Waals surface area contributed by atoms with Crippen molar-refractivity contribution in [3.05, 3.63) is 36.3 Å². The summed E-state index contributed by atoms with van der Waals surface area (Å²) >= 11 is 0. The van der Waals surface area contributed by atoms with Crippen LogP contribution in [0.1, 0.15) is 37.8 Å². The average Bonchev–Trinajstić information content (AvgIpc) is 2.47. The van der Waals surface area contributed by atoms with Crippen molar-refractivity contribution in [2.45, 2.75) is 37.5 Å². The molecule has 2 aromatic rings. The molecule has 0 atom stereocenters. The van der Waals surface area contributed by atoms with Crippen LogP contribution in [0.25, 0.3) is 10.9 Å². The fraction of sp³-hybridized carbons (Fsp3) is 0.467. The van der Waals surface area contributed by atoms with Crippen LogP contribution in [0.5, 0.6) is 0 Å². The molecule has 3 heteroatoms. The molecule has 0 saturated heterocycles. The van der Waals surface area contributed by atoms with Gasteiger partial charge in [-0.3, -0.25) is 0 Å². The highest BCUT2D eigenvalue weighted by Crippen LogP contribution is 2.39. The second kappa shape index (κ2) is 4.65. The molecular formula is C15H19N3. The minimum atomic E-state index is 0.0702. The fourth-order valence-electron chi connectivity index (χ4n) is 3.19. The molecule has 1 aliphatic carbocycles. The largest absolute Gasteiger partial charge is 0.330 e. The van der Waals surface area contributed by atoms with Crippen molar-refractivity contribution in [1.29, 1.82) is 0 Å². The van der Waals surface area contributed by atoms with E-state index in [0.29, 0.717) is 6.54 Å². The lowest BCUT2D eigenvalue weighted by Crippen LogP contribution is -2.38. The average molecular weight is 241 g/mol. The molecule has 3 rings (SSSR count).